The SMILES string of the molecule is Cc1noc(CN2CCc3nc(N(C)C)nc(N4CCC(O)CC4)c3C2)n1. The van der Waals surface area contributed by atoms with Crippen molar-refractivity contribution in [1.82, 2.24) is 25.0 Å². The van der Waals surface area contributed by atoms with E-state index in [1.54, 1.807) is 0 Å². The first kappa shape index (κ1) is 18.1. The number of anilines is 2. The van der Waals surface area contributed by atoms with Crippen LogP contribution >= 0.6 is 0 Å². The maximum atomic E-state index is 9.86. The molecule has 9 heteroatoms. The lowest BCUT2D eigenvalue weighted by Crippen LogP contribution is -2.39. The van der Waals surface area contributed by atoms with Crippen molar-refractivity contribution in [3.63, 3.8) is 0 Å². The van der Waals surface area contributed by atoms with Gasteiger partial charge < -0.3 is 19.4 Å². The summed E-state index contributed by atoms with van der Waals surface area (Å²) in [4.78, 5) is 20.5. The molecule has 0 bridgehead atoms. The van der Waals surface area contributed by atoms with E-state index < -0.39 is 0 Å². The van der Waals surface area contributed by atoms with Crippen LogP contribution in [0.25, 0.3) is 0 Å². The Morgan fingerprint density at radius 1 is 1.15 bits per heavy atom. The van der Waals surface area contributed by atoms with Crippen molar-refractivity contribution in [2.24, 2.45) is 0 Å². The lowest BCUT2D eigenvalue weighted by atomic mass is 10.0. The van der Waals surface area contributed by atoms with E-state index in [1.165, 1.54) is 5.56 Å². The molecule has 0 radical (unpaired) electrons. The highest BCUT2D eigenvalue weighted by Crippen LogP contribution is 2.30. The van der Waals surface area contributed by atoms with Gasteiger partial charge in [-0.3, -0.25) is 4.90 Å². The molecule has 2 aliphatic rings. The number of hydrogen-bond donors (Lipinski definition) is 1. The monoisotopic (exact) mass is 373 g/mol. The van der Waals surface area contributed by atoms with Crippen LogP contribution in [0.4, 0.5) is 11.8 Å². The third-order valence-corrected chi connectivity index (χ3v) is 5.20. The summed E-state index contributed by atoms with van der Waals surface area (Å²) in [6.07, 6.45) is 2.22. The molecule has 146 valence electrons. The number of aliphatic hydroxyl groups excluding tert-OH is 1. The fourth-order valence-corrected chi connectivity index (χ4v) is 3.71. The Balaban J connectivity index is 1.61. The van der Waals surface area contributed by atoms with E-state index in [2.05, 4.69) is 19.9 Å². The quantitative estimate of drug-likeness (QED) is 0.833. The van der Waals surface area contributed by atoms with Gasteiger partial charge in [0.2, 0.25) is 11.8 Å². The Bertz CT molecular complexity index is 799. The number of hydrogen-bond acceptors (Lipinski definition) is 9. The number of nitrogens with zero attached hydrogens (tertiary/aromatic N) is 7. The Labute approximate surface area is 159 Å². The average Bonchev–Trinajstić information content (AvgIpc) is 3.06. The predicted molar refractivity (Wildman–Crippen MR) is 101 cm³/mol. The van der Waals surface area contributed by atoms with E-state index in [-0.39, 0.29) is 6.10 Å². The van der Waals surface area contributed by atoms with Crippen molar-refractivity contribution in [2.75, 3.05) is 43.5 Å². The van der Waals surface area contributed by atoms with Gasteiger partial charge in [-0.2, -0.15) is 9.97 Å². The van der Waals surface area contributed by atoms with Crippen molar-refractivity contribution < 1.29 is 9.63 Å². The zero-order chi connectivity index (χ0) is 19.0. The largest absolute Gasteiger partial charge is 0.393 e. The molecule has 0 atom stereocenters. The minimum atomic E-state index is -0.204. The second-order valence-electron chi connectivity index (χ2n) is 7.58. The second-order valence-corrected chi connectivity index (χ2v) is 7.58. The summed E-state index contributed by atoms with van der Waals surface area (Å²) in [5.74, 6) is 3.05. The molecule has 0 saturated carbocycles. The van der Waals surface area contributed by atoms with Crippen LogP contribution in [0.15, 0.2) is 4.52 Å². The van der Waals surface area contributed by atoms with Crippen molar-refractivity contribution in [3.8, 4) is 0 Å². The molecule has 2 aromatic heterocycles. The lowest BCUT2D eigenvalue weighted by Gasteiger charge is -2.35. The maximum absolute atomic E-state index is 9.86. The Morgan fingerprint density at radius 3 is 2.59 bits per heavy atom. The van der Waals surface area contributed by atoms with Crippen LogP contribution in [-0.2, 0) is 19.5 Å². The van der Waals surface area contributed by atoms with Gasteiger partial charge in [-0.1, -0.05) is 5.16 Å². The summed E-state index contributed by atoms with van der Waals surface area (Å²) in [5, 5.41) is 13.7. The van der Waals surface area contributed by atoms with Crippen LogP contribution in [0.2, 0.25) is 0 Å². The lowest BCUT2D eigenvalue weighted by molar-refractivity contribution is 0.145. The minimum Gasteiger partial charge on any atom is -0.393 e. The van der Waals surface area contributed by atoms with E-state index in [0.29, 0.717) is 18.3 Å². The molecule has 0 aliphatic carbocycles. The van der Waals surface area contributed by atoms with Gasteiger partial charge in [0.15, 0.2) is 5.82 Å². The van der Waals surface area contributed by atoms with E-state index in [4.69, 9.17) is 14.5 Å². The van der Waals surface area contributed by atoms with Crippen LogP contribution in [0.5, 0.6) is 0 Å². The number of rotatable bonds is 4. The first-order valence-electron chi connectivity index (χ1n) is 9.51. The third-order valence-electron chi connectivity index (χ3n) is 5.20. The summed E-state index contributed by atoms with van der Waals surface area (Å²) >= 11 is 0. The molecule has 1 N–H and O–H groups in total. The van der Waals surface area contributed by atoms with Crippen LogP contribution in [0.1, 0.15) is 35.8 Å². The van der Waals surface area contributed by atoms with Crippen molar-refractivity contribution in [2.45, 2.75) is 45.4 Å². The average molecular weight is 373 g/mol. The Kier molecular flexibility index (Phi) is 4.96. The molecule has 0 aromatic carbocycles. The van der Waals surface area contributed by atoms with E-state index in [1.807, 2.05) is 25.9 Å². The normalized spacial score (nSPS) is 18.6. The number of aryl methyl sites for hydroxylation is 1. The second kappa shape index (κ2) is 7.40. The molecule has 9 nitrogen and oxygen atoms in total. The van der Waals surface area contributed by atoms with Crippen molar-refractivity contribution in [1.29, 1.82) is 0 Å². The molecule has 2 aliphatic heterocycles. The summed E-state index contributed by atoms with van der Waals surface area (Å²) in [7, 11) is 3.94. The standard InChI is InChI=1S/C18H27N7O2/c1-12-19-16(27-22-12)11-24-7-6-15-14(10-24)17(21-18(20-15)23(2)3)25-8-4-13(26)5-9-25/h13,26H,4-11H2,1-3H3. The Hall–Kier alpha value is -2.26. The van der Waals surface area contributed by atoms with E-state index in [0.717, 1.165) is 62.9 Å². The Morgan fingerprint density at radius 2 is 1.93 bits per heavy atom. The molecule has 4 rings (SSSR count). The molecule has 0 amide bonds. The van der Waals surface area contributed by atoms with Gasteiger partial charge in [0.25, 0.3) is 0 Å². The molecule has 0 spiro atoms. The van der Waals surface area contributed by atoms with E-state index in [9.17, 15) is 5.11 Å². The highest BCUT2D eigenvalue weighted by molar-refractivity contribution is 5.54. The molecule has 0 unspecified atom stereocenters. The summed E-state index contributed by atoms with van der Waals surface area (Å²) < 4.78 is 5.29. The molecule has 27 heavy (non-hydrogen) atoms. The zero-order valence-corrected chi connectivity index (χ0v) is 16.2. The zero-order valence-electron chi connectivity index (χ0n) is 16.2. The van der Waals surface area contributed by atoms with Crippen molar-refractivity contribution >= 4 is 11.8 Å². The number of piperidine rings is 1. The number of aromatic nitrogens is 4. The molecule has 4 heterocycles. The fraction of sp³-hybridized carbons (Fsp3) is 0.667. The summed E-state index contributed by atoms with van der Waals surface area (Å²) in [5.41, 5.74) is 2.30. The van der Waals surface area contributed by atoms with Gasteiger partial charge in [0.1, 0.15) is 5.82 Å². The van der Waals surface area contributed by atoms with Crippen LogP contribution in [-0.4, -0.2) is 69.9 Å². The van der Waals surface area contributed by atoms with Crippen LogP contribution in [0.3, 0.4) is 0 Å². The van der Waals surface area contributed by atoms with Gasteiger partial charge in [0, 0.05) is 52.3 Å². The smallest absolute Gasteiger partial charge is 0.240 e. The number of aliphatic hydroxyl groups is 1. The highest BCUT2D eigenvalue weighted by atomic mass is 16.5. The van der Waals surface area contributed by atoms with Gasteiger partial charge >= 0.3 is 0 Å². The molecular weight excluding hydrogens is 346 g/mol. The molecule has 1 fully saturated rings. The topological polar surface area (TPSA) is 94.7 Å². The van der Waals surface area contributed by atoms with Crippen LogP contribution in [0, 0.1) is 6.92 Å². The van der Waals surface area contributed by atoms with Gasteiger partial charge in [-0.05, 0) is 19.8 Å². The minimum absolute atomic E-state index is 0.204. The number of fused-ring (bicyclic) bond motifs is 1. The summed E-state index contributed by atoms with van der Waals surface area (Å²) in [6, 6.07) is 0. The fourth-order valence-electron chi connectivity index (χ4n) is 3.71. The first-order valence-corrected chi connectivity index (χ1v) is 9.51. The van der Waals surface area contributed by atoms with Gasteiger partial charge in [-0.15, -0.1) is 0 Å². The first-order chi connectivity index (χ1) is 13.0. The molecular formula is C18H27N7O2. The highest BCUT2D eigenvalue weighted by Gasteiger charge is 2.28. The molecule has 2 aromatic rings. The predicted octanol–water partition coefficient (Wildman–Crippen LogP) is 0.753. The third kappa shape index (κ3) is 3.89. The van der Waals surface area contributed by atoms with Gasteiger partial charge in [0.05, 0.1) is 18.3 Å². The summed E-state index contributed by atoms with van der Waals surface area (Å²) in [6.45, 7) is 5.77. The van der Waals surface area contributed by atoms with E-state index >= 15 is 0 Å². The van der Waals surface area contributed by atoms with Crippen molar-refractivity contribution in [3.05, 3.63) is 23.0 Å². The maximum Gasteiger partial charge on any atom is 0.240 e. The molecule has 1 saturated heterocycles. The van der Waals surface area contributed by atoms with Gasteiger partial charge in [-0.25, -0.2) is 4.98 Å². The van der Waals surface area contributed by atoms with Crippen LogP contribution < -0.4 is 9.80 Å².